The Morgan fingerprint density at radius 1 is 1.31 bits per heavy atom. The van der Waals surface area contributed by atoms with Crippen LogP contribution < -0.4 is 5.32 Å². The summed E-state index contributed by atoms with van der Waals surface area (Å²) in [4.78, 5) is 18.0. The van der Waals surface area contributed by atoms with Crippen LogP contribution in [-0.4, -0.2) is 30.5 Å². The average molecular weight is 461 g/mol. The fourth-order valence-corrected chi connectivity index (χ4v) is 7.03. The minimum atomic E-state index is -0.286. The second-order valence-electron chi connectivity index (χ2n) is 9.64. The van der Waals surface area contributed by atoms with Crippen molar-refractivity contribution in [1.82, 2.24) is 29.9 Å². The highest BCUT2D eigenvalue weighted by Crippen LogP contribution is 2.64. The smallest absolute Gasteiger partial charge is 0.226 e. The summed E-state index contributed by atoms with van der Waals surface area (Å²) in [5.74, 6) is 1.42. The Hall–Kier alpha value is -1.70. The molecule has 4 aliphatic carbocycles. The molecule has 2 heterocycles. The van der Waals surface area contributed by atoms with Crippen molar-refractivity contribution in [2.75, 3.05) is 0 Å². The molecular weight excluding hydrogens is 432 g/mol. The van der Waals surface area contributed by atoms with E-state index < -0.39 is 0 Å². The first kappa shape index (κ1) is 19.3. The summed E-state index contributed by atoms with van der Waals surface area (Å²) in [6.45, 7) is 7.01. The second kappa shape index (κ2) is 6.65. The summed E-state index contributed by atoms with van der Waals surface area (Å²) in [7, 11) is 0. The largest absolute Gasteiger partial charge is 0.349 e. The molecule has 0 saturated heterocycles. The maximum atomic E-state index is 13.7. The highest BCUT2D eigenvalue weighted by molar-refractivity contribution is 9.10. The van der Waals surface area contributed by atoms with Crippen LogP contribution in [0.4, 0.5) is 0 Å². The lowest BCUT2D eigenvalue weighted by Gasteiger charge is -2.61. The van der Waals surface area contributed by atoms with Crippen molar-refractivity contribution in [2.24, 2.45) is 17.3 Å². The van der Waals surface area contributed by atoms with E-state index in [1.165, 1.54) is 6.42 Å². The van der Waals surface area contributed by atoms with E-state index in [0.717, 1.165) is 49.9 Å². The van der Waals surface area contributed by atoms with Gasteiger partial charge < -0.3 is 5.32 Å². The molecule has 156 valence electrons. The van der Waals surface area contributed by atoms with Crippen LogP contribution in [0.2, 0.25) is 0 Å². The lowest BCUT2D eigenvalue weighted by molar-refractivity contribution is -0.156. The van der Waals surface area contributed by atoms with Crippen molar-refractivity contribution in [2.45, 2.75) is 77.4 Å². The number of aromatic nitrogens is 5. The molecule has 3 unspecified atom stereocenters. The van der Waals surface area contributed by atoms with Crippen molar-refractivity contribution >= 4 is 21.8 Å². The summed E-state index contributed by atoms with van der Waals surface area (Å²) in [6.07, 6.45) is 10.3. The molecule has 0 aliphatic heterocycles. The van der Waals surface area contributed by atoms with Gasteiger partial charge in [0.2, 0.25) is 10.6 Å². The van der Waals surface area contributed by atoms with Gasteiger partial charge in [0.05, 0.1) is 22.7 Å². The number of hydrogen-bond donors (Lipinski definition) is 1. The highest BCUT2D eigenvalue weighted by Gasteiger charge is 2.61. The zero-order chi connectivity index (χ0) is 20.4. The molecule has 1 N–H and O–H groups in total. The fraction of sp³-hybridized carbons (Fsp3) is 0.714. The SMILES string of the molecule is CCn1cc(C(C)NC(=O)C23CC4CC(C2)CC(n2cnc(Br)n2)(C4)C3)c(C)n1. The summed E-state index contributed by atoms with van der Waals surface area (Å²) in [5, 5.41) is 12.5. The monoisotopic (exact) mass is 460 g/mol. The van der Waals surface area contributed by atoms with E-state index in [1.54, 1.807) is 0 Å². The molecule has 1 amide bonds. The van der Waals surface area contributed by atoms with E-state index in [9.17, 15) is 4.79 Å². The van der Waals surface area contributed by atoms with Gasteiger partial charge >= 0.3 is 0 Å². The molecule has 0 spiro atoms. The number of halogens is 1. The number of carbonyl (C=O) groups excluding carboxylic acids is 1. The van der Waals surface area contributed by atoms with Gasteiger partial charge in [-0.1, -0.05) is 0 Å². The first-order chi connectivity index (χ1) is 13.8. The van der Waals surface area contributed by atoms with Crippen molar-refractivity contribution in [3.8, 4) is 0 Å². The van der Waals surface area contributed by atoms with Crippen LogP contribution in [0.25, 0.3) is 0 Å². The molecule has 4 saturated carbocycles. The third kappa shape index (κ3) is 3.05. The molecule has 6 rings (SSSR count). The van der Waals surface area contributed by atoms with E-state index in [-0.39, 0.29) is 22.9 Å². The molecular formula is C21H29BrN6O. The van der Waals surface area contributed by atoms with Crippen LogP contribution in [0.5, 0.6) is 0 Å². The van der Waals surface area contributed by atoms with E-state index >= 15 is 0 Å². The van der Waals surface area contributed by atoms with Gasteiger partial charge in [0.1, 0.15) is 6.33 Å². The molecule has 4 fully saturated rings. The van der Waals surface area contributed by atoms with Crippen LogP contribution in [0.1, 0.15) is 69.7 Å². The number of hydrogen-bond acceptors (Lipinski definition) is 4. The predicted molar refractivity (Wildman–Crippen MR) is 112 cm³/mol. The second-order valence-corrected chi connectivity index (χ2v) is 10.4. The molecule has 4 aliphatic rings. The fourth-order valence-electron chi connectivity index (χ4n) is 6.77. The van der Waals surface area contributed by atoms with Gasteiger partial charge in [-0.3, -0.25) is 9.48 Å². The molecule has 0 radical (unpaired) electrons. The minimum absolute atomic E-state index is 0.0349. The summed E-state index contributed by atoms with van der Waals surface area (Å²) in [6, 6.07) is -0.0349. The van der Waals surface area contributed by atoms with Crippen LogP contribution >= 0.6 is 15.9 Å². The zero-order valence-corrected chi connectivity index (χ0v) is 18.9. The minimum Gasteiger partial charge on any atom is -0.349 e. The molecule has 29 heavy (non-hydrogen) atoms. The first-order valence-corrected chi connectivity index (χ1v) is 11.5. The van der Waals surface area contributed by atoms with Crippen molar-refractivity contribution in [3.05, 3.63) is 28.5 Å². The Balaban J connectivity index is 1.41. The molecule has 3 atom stereocenters. The zero-order valence-electron chi connectivity index (χ0n) is 17.4. The van der Waals surface area contributed by atoms with Gasteiger partial charge in [0.25, 0.3) is 0 Å². The van der Waals surface area contributed by atoms with Crippen LogP contribution in [-0.2, 0) is 16.9 Å². The van der Waals surface area contributed by atoms with E-state index in [1.807, 2.05) is 17.9 Å². The third-order valence-electron chi connectivity index (χ3n) is 7.58. The number of nitrogens with zero attached hydrogens (tertiary/aromatic N) is 5. The molecule has 0 aromatic carbocycles. The average Bonchev–Trinajstić information content (AvgIpc) is 3.26. The Kier molecular flexibility index (Phi) is 4.42. The van der Waals surface area contributed by atoms with Gasteiger partial charge in [-0.05, 0) is 87.1 Å². The summed E-state index contributed by atoms with van der Waals surface area (Å²) in [5.41, 5.74) is 1.76. The summed E-state index contributed by atoms with van der Waals surface area (Å²) < 4.78 is 4.62. The number of carbonyl (C=O) groups is 1. The van der Waals surface area contributed by atoms with Gasteiger partial charge in [-0.25, -0.2) is 9.67 Å². The van der Waals surface area contributed by atoms with Gasteiger partial charge in [0.15, 0.2) is 0 Å². The standard InChI is InChI=1S/C21H29BrN6O/c1-4-27-10-17(14(3)25-27)13(2)24-18(29)20-6-15-5-16(7-20)9-21(8-15,11-20)28-12-23-19(22)26-28/h10,12-13,15-16H,4-9,11H2,1-3H3,(H,24,29). The lowest BCUT2D eigenvalue weighted by Crippen LogP contribution is -2.61. The number of rotatable bonds is 5. The topological polar surface area (TPSA) is 77.6 Å². The molecule has 8 heteroatoms. The molecule has 2 aromatic heterocycles. The van der Waals surface area contributed by atoms with Crippen LogP contribution in [0, 0.1) is 24.2 Å². The Morgan fingerprint density at radius 3 is 2.62 bits per heavy atom. The maximum Gasteiger partial charge on any atom is 0.226 e. The third-order valence-corrected chi connectivity index (χ3v) is 7.95. The molecule has 2 aromatic rings. The van der Waals surface area contributed by atoms with Gasteiger partial charge in [0, 0.05) is 18.3 Å². The summed E-state index contributed by atoms with van der Waals surface area (Å²) >= 11 is 3.40. The molecule has 4 bridgehead atoms. The number of nitrogens with one attached hydrogen (secondary N) is 1. The first-order valence-electron chi connectivity index (χ1n) is 10.7. The lowest BCUT2D eigenvalue weighted by atomic mass is 9.46. The van der Waals surface area contributed by atoms with Gasteiger partial charge in [-0.15, -0.1) is 5.10 Å². The normalized spacial score (nSPS) is 33.8. The van der Waals surface area contributed by atoms with Crippen molar-refractivity contribution < 1.29 is 4.79 Å². The van der Waals surface area contributed by atoms with Gasteiger partial charge in [-0.2, -0.15) is 5.10 Å². The molecule has 7 nitrogen and oxygen atoms in total. The van der Waals surface area contributed by atoms with Crippen molar-refractivity contribution in [1.29, 1.82) is 0 Å². The maximum absolute atomic E-state index is 13.7. The Bertz CT molecular complexity index is 935. The van der Waals surface area contributed by atoms with Crippen LogP contribution in [0.15, 0.2) is 17.3 Å². The van der Waals surface area contributed by atoms with Crippen LogP contribution in [0.3, 0.4) is 0 Å². The van der Waals surface area contributed by atoms with E-state index in [2.05, 4.69) is 61.2 Å². The quantitative estimate of drug-likeness (QED) is 0.736. The van der Waals surface area contributed by atoms with E-state index in [0.29, 0.717) is 16.6 Å². The highest BCUT2D eigenvalue weighted by atomic mass is 79.9. The van der Waals surface area contributed by atoms with Crippen molar-refractivity contribution in [3.63, 3.8) is 0 Å². The number of aryl methyl sites for hydroxylation is 2. The Morgan fingerprint density at radius 2 is 2.03 bits per heavy atom. The predicted octanol–water partition coefficient (Wildman–Crippen LogP) is 3.74. The van der Waals surface area contributed by atoms with E-state index in [4.69, 9.17) is 0 Å². The Labute approximate surface area is 179 Å². The number of amides is 1.